The van der Waals surface area contributed by atoms with Gasteiger partial charge < -0.3 is 16.0 Å². The predicted molar refractivity (Wildman–Crippen MR) is 133 cm³/mol. The van der Waals surface area contributed by atoms with E-state index in [-0.39, 0.29) is 55.2 Å². The van der Waals surface area contributed by atoms with Crippen LogP contribution in [0.5, 0.6) is 0 Å². The highest BCUT2D eigenvalue weighted by molar-refractivity contribution is 6.40. The van der Waals surface area contributed by atoms with Gasteiger partial charge in [0, 0.05) is 19.1 Å². The van der Waals surface area contributed by atoms with E-state index in [1.807, 2.05) is 0 Å². The summed E-state index contributed by atoms with van der Waals surface area (Å²) in [5.74, 6) is -0.856. The number of rotatable bonds is 5. The Hall–Kier alpha value is -2.49. The summed E-state index contributed by atoms with van der Waals surface area (Å²) in [4.78, 5) is 39.4. The molecule has 1 unspecified atom stereocenters. The fourth-order valence-electron chi connectivity index (χ4n) is 4.50. The maximum atomic E-state index is 13.2. The molecule has 182 valence electrons. The molecule has 1 saturated carbocycles. The number of hydrogen-bond donors (Lipinski definition) is 4. The molecule has 2 aromatic rings. The van der Waals surface area contributed by atoms with Crippen molar-refractivity contribution in [2.45, 2.75) is 6.04 Å². The van der Waals surface area contributed by atoms with Crippen LogP contribution in [0.1, 0.15) is 20.7 Å². The normalized spacial score (nSPS) is 22.5. The molecule has 0 radical (unpaired) electrons. The van der Waals surface area contributed by atoms with Gasteiger partial charge in [0.2, 0.25) is 0 Å². The Labute approximate surface area is 220 Å². The topological polar surface area (TPSA) is 103 Å². The van der Waals surface area contributed by atoms with Gasteiger partial charge >= 0.3 is 0 Å². The number of benzene rings is 2. The first kappa shape index (κ1) is 24.2. The van der Waals surface area contributed by atoms with Crippen LogP contribution in [0.2, 0.25) is 20.1 Å². The van der Waals surface area contributed by atoms with Gasteiger partial charge in [-0.15, -0.1) is 0 Å². The third-order valence-electron chi connectivity index (χ3n) is 6.36. The Morgan fingerprint density at radius 3 is 1.94 bits per heavy atom. The summed E-state index contributed by atoms with van der Waals surface area (Å²) in [7, 11) is 0. The number of carbonyl (C=O) groups excluding carboxylic acids is 3. The van der Waals surface area contributed by atoms with Crippen molar-refractivity contribution in [2.24, 2.45) is 11.8 Å². The molecule has 8 nitrogen and oxygen atoms in total. The maximum absolute atomic E-state index is 13.2. The van der Waals surface area contributed by atoms with Crippen LogP contribution in [0.4, 0.5) is 0 Å². The van der Waals surface area contributed by atoms with Gasteiger partial charge in [-0.1, -0.05) is 58.5 Å². The third-order valence-corrected chi connectivity index (χ3v) is 7.62. The average Bonchev–Trinajstić information content (AvgIpc) is 3.16. The number of amides is 3. The number of hydrogen-bond acceptors (Lipinski definition) is 5. The van der Waals surface area contributed by atoms with Gasteiger partial charge in [0.25, 0.3) is 17.7 Å². The van der Waals surface area contributed by atoms with Crippen LogP contribution in [0.3, 0.4) is 0 Å². The average molecular weight is 555 g/mol. The molecule has 5 rings (SSSR count). The van der Waals surface area contributed by atoms with Gasteiger partial charge in [0.05, 0.1) is 43.5 Å². The molecule has 3 atom stereocenters. The van der Waals surface area contributed by atoms with Crippen LogP contribution in [0.25, 0.3) is 0 Å². The van der Waals surface area contributed by atoms with Crippen LogP contribution in [-0.2, 0) is 4.79 Å². The lowest BCUT2D eigenvalue weighted by Gasteiger charge is -2.19. The van der Waals surface area contributed by atoms with Crippen molar-refractivity contribution in [3.05, 3.63) is 79.0 Å². The molecule has 12 heteroatoms. The van der Waals surface area contributed by atoms with E-state index in [1.54, 1.807) is 24.3 Å². The molecule has 4 N–H and O–H groups in total. The summed E-state index contributed by atoms with van der Waals surface area (Å²) >= 11 is 24.8. The highest BCUT2D eigenvalue weighted by Gasteiger charge is 2.54. The zero-order chi connectivity index (χ0) is 24.9. The van der Waals surface area contributed by atoms with E-state index in [9.17, 15) is 14.4 Å². The Bertz CT molecular complexity index is 1230. The fraction of sp³-hybridized carbons (Fsp3) is 0.261. The van der Waals surface area contributed by atoms with E-state index in [0.717, 1.165) is 13.1 Å². The maximum Gasteiger partial charge on any atom is 0.275 e. The van der Waals surface area contributed by atoms with Gasteiger partial charge in [-0.25, -0.2) is 5.01 Å². The molecule has 3 aliphatic rings. The lowest BCUT2D eigenvalue weighted by atomic mass is 10.2. The van der Waals surface area contributed by atoms with Crippen molar-refractivity contribution in [2.75, 3.05) is 19.6 Å². The van der Waals surface area contributed by atoms with Crippen molar-refractivity contribution >= 4 is 64.1 Å². The highest BCUT2D eigenvalue weighted by Crippen LogP contribution is 2.41. The smallest absolute Gasteiger partial charge is 0.275 e. The number of hydrazine groups is 1. The summed E-state index contributed by atoms with van der Waals surface area (Å²) in [6.45, 7) is 1.55. The van der Waals surface area contributed by atoms with E-state index >= 15 is 0 Å². The molecule has 2 heterocycles. The van der Waals surface area contributed by atoms with Crippen molar-refractivity contribution in [3.8, 4) is 0 Å². The number of fused-ring (bicyclic) bond motifs is 1. The number of halogens is 4. The SMILES string of the molecule is O=C(NC1[C@H]2CNC[C@@H]12)C1=C(NC(=O)c2c(Cl)cccc2Cl)CN(C(=O)c2c(Cl)cccc2Cl)N1. The fourth-order valence-corrected chi connectivity index (χ4v) is 5.63. The monoisotopic (exact) mass is 553 g/mol. The quantitative estimate of drug-likeness (QED) is 0.454. The number of nitrogens with one attached hydrogen (secondary N) is 4. The zero-order valence-corrected chi connectivity index (χ0v) is 21.0. The molecular weight excluding hydrogens is 536 g/mol. The third kappa shape index (κ3) is 4.57. The largest absolute Gasteiger partial charge is 0.347 e. The van der Waals surface area contributed by atoms with E-state index < -0.39 is 17.7 Å². The molecule has 2 aliphatic heterocycles. The molecule has 0 bridgehead atoms. The molecule has 2 aromatic carbocycles. The van der Waals surface area contributed by atoms with E-state index in [2.05, 4.69) is 21.4 Å². The minimum absolute atomic E-state index is 0.0378. The zero-order valence-electron chi connectivity index (χ0n) is 18.0. The first-order valence-electron chi connectivity index (χ1n) is 10.8. The first-order chi connectivity index (χ1) is 16.8. The summed E-state index contributed by atoms with van der Waals surface area (Å²) in [6, 6.07) is 9.43. The standard InChI is InChI=1S/C23H19Cl4N5O3/c24-12-3-1-4-13(25)17(12)21(33)29-16-9-32(23(35)18-14(26)5-2-6-15(18)27)31-20(16)22(34)30-19-10-7-28-8-11(10)19/h1-6,10-11,19,28,31H,7-9H2,(H,29,33)(H,30,34)/t10-,11+,19?. The number of nitrogens with zero attached hydrogens (tertiary/aromatic N) is 1. The Balaban J connectivity index is 1.41. The highest BCUT2D eigenvalue weighted by atomic mass is 35.5. The van der Waals surface area contributed by atoms with Crippen molar-refractivity contribution in [1.82, 2.24) is 26.4 Å². The summed E-state index contributed by atoms with van der Waals surface area (Å²) in [5, 5.41) is 10.8. The molecule has 3 amide bonds. The minimum atomic E-state index is -0.611. The lowest BCUT2D eigenvalue weighted by molar-refractivity contribution is -0.118. The molecular formula is C23H19Cl4N5O3. The molecule has 0 spiro atoms. The van der Waals surface area contributed by atoms with Crippen LogP contribution in [0.15, 0.2) is 47.8 Å². The van der Waals surface area contributed by atoms with Crippen LogP contribution in [-0.4, -0.2) is 48.4 Å². The summed E-state index contributed by atoms with van der Waals surface area (Å²) < 4.78 is 0. The van der Waals surface area contributed by atoms with Crippen LogP contribution >= 0.6 is 46.4 Å². The number of carbonyl (C=O) groups is 3. The molecule has 2 fully saturated rings. The van der Waals surface area contributed by atoms with E-state index in [4.69, 9.17) is 46.4 Å². The minimum Gasteiger partial charge on any atom is -0.347 e. The van der Waals surface area contributed by atoms with Crippen LogP contribution < -0.4 is 21.4 Å². The summed E-state index contributed by atoms with van der Waals surface area (Å²) in [6.07, 6.45) is 0. The Kier molecular flexibility index (Phi) is 6.59. The van der Waals surface area contributed by atoms with E-state index in [0.29, 0.717) is 11.8 Å². The second-order valence-corrected chi connectivity index (χ2v) is 10.1. The van der Waals surface area contributed by atoms with Crippen LogP contribution in [0, 0.1) is 11.8 Å². The molecule has 0 aromatic heterocycles. The van der Waals surface area contributed by atoms with Gasteiger partial charge in [0.15, 0.2) is 0 Å². The van der Waals surface area contributed by atoms with Crippen molar-refractivity contribution < 1.29 is 14.4 Å². The second kappa shape index (κ2) is 9.52. The number of piperidine rings is 1. The van der Waals surface area contributed by atoms with Crippen molar-refractivity contribution in [1.29, 1.82) is 0 Å². The van der Waals surface area contributed by atoms with Gasteiger partial charge in [-0.05, 0) is 36.1 Å². The van der Waals surface area contributed by atoms with Gasteiger partial charge in [-0.2, -0.15) is 0 Å². The van der Waals surface area contributed by atoms with Gasteiger partial charge in [-0.3, -0.25) is 19.8 Å². The Morgan fingerprint density at radius 1 is 0.829 bits per heavy atom. The Morgan fingerprint density at radius 2 is 1.37 bits per heavy atom. The molecule has 35 heavy (non-hydrogen) atoms. The second-order valence-electron chi connectivity index (χ2n) is 8.49. The molecule has 1 aliphatic carbocycles. The first-order valence-corrected chi connectivity index (χ1v) is 12.3. The molecule has 1 saturated heterocycles. The van der Waals surface area contributed by atoms with Gasteiger partial charge in [0.1, 0.15) is 5.70 Å². The lowest BCUT2D eigenvalue weighted by Crippen LogP contribution is -2.42. The van der Waals surface area contributed by atoms with Crippen molar-refractivity contribution in [3.63, 3.8) is 0 Å². The predicted octanol–water partition coefficient (Wildman–Crippen LogP) is 3.24. The van der Waals surface area contributed by atoms with E-state index in [1.165, 1.54) is 17.1 Å². The summed E-state index contributed by atoms with van der Waals surface area (Å²) in [5.41, 5.74) is 3.17.